The van der Waals surface area contributed by atoms with Crippen LogP contribution < -0.4 is 15.2 Å². The number of esters is 1. The van der Waals surface area contributed by atoms with Gasteiger partial charge in [-0.2, -0.15) is 4.57 Å². The summed E-state index contributed by atoms with van der Waals surface area (Å²) in [6.45, 7) is 10.9. The minimum Gasteiger partial charge on any atom is -0.457 e. The number of fused-ring (bicyclic) bond motifs is 1. The van der Waals surface area contributed by atoms with Crippen LogP contribution in [-0.4, -0.2) is 71.9 Å². The predicted molar refractivity (Wildman–Crippen MR) is 153 cm³/mol. The van der Waals surface area contributed by atoms with Gasteiger partial charge in [0, 0.05) is 30.4 Å². The van der Waals surface area contributed by atoms with Gasteiger partial charge < -0.3 is 19.6 Å². The molecule has 2 aromatic heterocycles. The highest BCUT2D eigenvalue weighted by Crippen LogP contribution is 2.37. The number of aromatic nitrogens is 2. The molecule has 14 heteroatoms. The Hall–Kier alpha value is -4.85. The molecule has 220 valence electrons. The third kappa shape index (κ3) is 6.22. The summed E-state index contributed by atoms with van der Waals surface area (Å²) >= 11 is 1.04. The van der Waals surface area contributed by atoms with Gasteiger partial charge in [0.2, 0.25) is 5.70 Å². The maximum Gasteiger partial charge on any atom is 0.413 e. The number of nitrogens with one attached hydrogen (secondary N) is 2. The fourth-order valence-electron chi connectivity index (χ4n) is 4.65. The maximum absolute atomic E-state index is 13.5. The molecule has 0 bridgehead atoms. The quantitative estimate of drug-likeness (QED) is 0.100. The van der Waals surface area contributed by atoms with Gasteiger partial charge in [0.15, 0.2) is 28.4 Å². The second-order valence-corrected chi connectivity index (χ2v) is 10.2. The van der Waals surface area contributed by atoms with Gasteiger partial charge in [0.25, 0.3) is 11.8 Å². The first-order valence-electron chi connectivity index (χ1n) is 13.0. The number of β-lactam (4-membered cyclic amide) rings is 1. The zero-order valence-electron chi connectivity index (χ0n) is 23.4. The van der Waals surface area contributed by atoms with E-state index in [4.69, 9.17) is 14.3 Å². The molecule has 1 saturated heterocycles. The number of oxime groups is 1. The van der Waals surface area contributed by atoms with Gasteiger partial charge in [-0.25, -0.2) is 14.6 Å². The second kappa shape index (κ2) is 13.2. The molecule has 13 nitrogen and oxygen atoms in total. The lowest BCUT2D eigenvalue weighted by molar-refractivity contribution is -0.592. The molecule has 2 atom stereocenters. The molecule has 1 unspecified atom stereocenters. The van der Waals surface area contributed by atoms with Crippen LogP contribution in [0.5, 0.6) is 0 Å². The average Bonchev–Trinajstić information content (AvgIpc) is 3.44. The maximum atomic E-state index is 13.5. The van der Waals surface area contributed by atoms with E-state index in [1.807, 2.05) is 36.7 Å². The lowest BCUT2D eigenvalue weighted by Crippen LogP contribution is -2.72. The SMILES string of the molecule is C=CCOC(=O)Nc1nc(C(=NOC)C(=O)N[C@@H]2C(=O)N3C(C(=O)OCC=C)=C([n+]4cc(C)ccc4C)CCC23)cs1. The van der Waals surface area contributed by atoms with Crippen LogP contribution in [0.2, 0.25) is 0 Å². The monoisotopic (exact) mass is 595 g/mol. The highest BCUT2D eigenvalue weighted by atomic mass is 32.1. The van der Waals surface area contributed by atoms with Crippen LogP contribution in [0.15, 0.2) is 59.9 Å². The highest BCUT2D eigenvalue weighted by Gasteiger charge is 2.56. The molecule has 0 aliphatic carbocycles. The van der Waals surface area contributed by atoms with Crippen molar-refractivity contribution in [3.63, 3.8) is 0 Å². The number of allylic oxidation sites excluding steroid dienone is 1. The summed E-state index contributed by atoms with van der Waals surface area (Å²) in [6.07, 6.45) is 4.97. The average molecular weight is 596 g/mol. The first-order valence-corrected chi connectivity index (χ1v) is 13.8. The third-order valence-corrected chi connectivity index (χ3v) is 7.26. The number of thiazole rings is 1. The van der Waals surface area contributed by atoms with Crippen LogP contribution in [0.25, 0.3) is 5.70 Å². The summed E-state index contributed by atoms with van der Waals surface area (Å²) in [4.78, 5) is 62.2. The lowest BCUT2D eigenvalue weighted by Gasteiger charge is -2.49. The predicted octanol–water partition coefficient (Wildman–Crippen LogP) is 2.22. The van der Waals surface area contributed by atoms with Crippen molar-refractivity contribution in [3.05, 3.63) is 71.7 Å². The van der Waals surface area contributed by atoms with Crippen molar-refractivity contribution in [2.75, 3.05) is 25.6 Å². The Balaban J connectivity index is 1.56. The Morgan fingerprint density at radius 2 is 1.95 bits per heavy atom. The molecule has 3 amide bonds. The molecular formula is C28H31N6O7S+. The topological polar surface area (TPSA) is 152 Å². The minimum absolute atomic E-state index is 0.0180. The van der Waals surface area contributed by atoms with Gasteiger partial charge in [-0.15, -0.1) is 11.3 Å². The van der Waals surface area contributed by atoms with Crippen LogP contribution >= 0.6 is 11.3 Å². The Bertz CT molecular complexity index is 1500. The van der Waals surface area contributed by atoms with Crippen molar-refractivity contribution in [1.82, 2.24) is 15.2 Å². The molecule has 4 heterocycles. The number of nitrogens with zero attached hydrogens (tertiary/aromatic N) is 4. The molecule has 4 rings (SSSR count). The van der Waals surface area contributed by atoms with E-state index >= 15 is 0 Å². The van der Waals surface area contributed by atoms with Crippen molar-refractivity contribution >= 4 is 51.8 Å². The summed E-state index contributed by atoms with van der Waals surface area (Å²) < 4.78 is 12.1. The van der Waals surface area contributed by atoms with Crippen LogP contribution in [0, 0.1) is 13.8 Å². The van der Waals surface area contributed by atoms with Crippen molar-refractivity contribution in [2.24, 2.45) is 5.16 Å². The molecule has 0 saturated carbocycles. The number of hydrogen-bond donors (Lipinski definition) is 2. The van der Waals surface area contributed by atoms with Crippen molar-refractivity contribution < 1.29 is 38.1 Å². The molecule has 0 spiro atoms. The van der Waals surface area contributed by atoms with Crippen molar-refractivity contribution in [2.45, 2.75) is 38.8 Å². The molecule has 0 aromatic carbocycles. The standard InChI is InChI=1S/C28H30N6O7S/c1-6-12-40-26(37)23-20(33-14-16(3)8-9-17(33)4)11-10-19-22(25(36)34(19)23)30-24(35)21(32-39-5)18-15-42-27(29-18)31-28(38)41-13-7-2/h6-9,14-15,19,22H,1-2,10-13H2,3-5H3,(H-,29,30,31,35,38)/p+1/t19?,22-/m0/s1. The highest BCUT2D eigenvalue weighted by molar-refractivity contribution is 7.14. The van der Waals surface area contributed by atoms with Gasteiger partial charge in [-0.1, -0.05) is 30.5 Å². The number of rotatable bonds is 11. The number of ether oxygens (including phenoxy) is 2. The molecule has 1 fully saturated rings. The Labute approximate surface area is 246 Å². The van der Waals surface area contributed by atoms with Crippen molar-refractivity contribution in [3.8, 4) is 0 Å². The summed E-state index contributed by atoms with van der Waals surface area (Å²) in [5, 5.41) is 10.6. The van der Waals surface area contributed by atoms with E-state index in [1.165, 1.54) is 29.5 Å². The van der Waals surface area contributed by atoms with E-state index in [0.717, 1.165) is 22.6 Å². The van der Waals surface area contributed by atoms with E-state index in [1.54, 1.807) is 0 Å². The number of carbonyl (C=O) groups excluding carboxylic acids is 4. The van der Waals surface area contributed by atoms with E-state index in [-0.39, 0.29) is 35.4 Å². The van der Waals surface area contributed by atoms with Gasteiger partial charge in [-0.3, -0.25) is 19.8 Å². The number of anilines is 1. The van der Waals surface area contributed by atoms with E-state index < -0.39 is 36.0 Å². The largest absolute Gasteiger partial charge is 0.457 e. The number of amides is 3. The normalized spacial score (nSPS) is 17.9. The molecule has 2 N–H and O–H groups in total. The number of pyridine rings is 1. The minimum atomic E-state index is -0.919. The number of aryl methyl sites for hydroxylation is 2. The smallest absolute Gasteiger partial charge is 0.413 e. The molecule has 0 radical (unpaired) electrons. The van der Waals surface area contributed by atoms with Crippen LogP contribution in [0.1, 0.15) is 29.8 Å². The zero-order chi connectivity index (χ0) is 30.4. The van der Waals surface area contributed by atoms with Gasteiger partial charge in [0.1, 0.15) is 32.1 Å². The van der Waals surface area contributed by atoms with Gasteiger partial charge in [0.05, 0.1) is 6.04 Å². The molecule has 2 aliphatic rings. The molecule has 42 heavy (non-hydrogen) atoms. The molecule has 2 aliphatic heterocycles. The van der Waals surface area contributed by atoms with E-state index in [2.05, 4.69) is 33.9 Å². The summed E-state index contributed by atoms with van der Waals surface area (Å²) in [5.74, 6) is -1.84. The fourth-order valence-corrected chi connectivity index (χ4v) is 5.33. The summed E-state index contributed by atoms with van der Waals surface area (Å²) in [5.41, 5.74) is 2.55. The van der Waals surface area contributed by atoms with Crippen LogP contribution in [-0.2, 0) is 28.7 Å². The second-order valence-electron chi connectivity index (χ2n) is 9.34. The fraction of sp³-hybridized carbons (Fsp3) is 0.321. The first-order chi connectivity index (χ1) is 20.2. The Kier molecular flexibility index (Phi) is 9.47. The van der Waals surface area contributed by atoms with Crippen LogP contribution in [0.4, 0.5) is 9.93 Å². The van der Waals surface area contributed by atoms with Crippen LogP contribution in [0.3, 0.4) is 0 Å². The third-order valence-electron chi connectivity index (χ3n) is 6.50. The van der Waals surface area contributed by atoms with Crippen molar-refractivity contribution in [1.29, 1.82) is 0 Å². The molecular weight excluding hydrogens is 564 g/mol. The van der Waals surface area contributed by atoms with Gasteiger partial charge >= 0.3 is 12.1 Å². The van der Waals surface area contributed by atoms with E-state index in [9.17, 15) is 19.2 Å². The summed E-state index contributed by atoms with van der Waals surface area (Å²) in [6, 6.07) is 2.49. The lowest BCUT2D eigenvalue weighted by atomic mass is 9.85. The van der Waals surface area contributed by atoms with Gasteiger partial charge in [-0.05, 0) is 19.4 Å². The first kappa shape index (κ1) is 30.1. The zero-order valence-corrected chi connectivity index (χ0v) is 24.2. The number of carbonyl (C=O) groups is 4. The Morgan fingerprint density at radius 3 is 2.67 bits per heavy atom. The summed E-state index contributed by atoms with van der Waals surface area (Å²) in [7, 11) is 1.27. The molecule has 2 aromatic rings. The van der Waals surface area contributed by atoms with E-state index in [0.29, 0.717) is 18.5 Å². The number of hydrogen-bond acceptors (Lipinski definition) is 10. The Morgan fingerprint density at radius 1 is 1.21 bits per heavy atom.